The third-order valence-corrected chi connectivity index (χ3v) is 4.24. The van der Waals surface area contributed by atoms with Crippen molar-refractivity contribution >= 4 is 27.5 Å². The number of likely N-dealkylation sites (N-methyl/N-ethyl adjacent to an activating group) is 1. The fourth-order valence-corrected chi connectivity index (χ4v) is 3.12. The molecule has 1 N–H and O–H groups in total. The van der Waals surface area contributed by atoms with E-state index >= 15 is 0 Å². The molecule has 1 unspecified atom stereocenters. The summed E-state index contributed by atoms with van der Waals surface area (Å²) in [6, 6.07) is 11.0. The summed E-state index contributed by atoms with van der Waals surface area (Å²) < 4.78 is 14.9. The Hall–Kier alpha value is -0.900. The van der Waals surface area contributed by atoms with Gasteiger partial charge in [0, 0.05) is 15.5 Å². The standard InChI is InChI=1S/C16H16BrClFN/c1-10-3-6-13(14(17)7-10)16(20-2)8-11-4-5-12(18)9-15(11)19/h3-7,9,16,20H,8H2,1-2H3. The molecule has 0 fully saturated rings. The zero-order valence-corrected chi connectivity index (χ0v) is 13.7. The van der Waals surface area contributed by atoms with Gasteiger partial charge in [-0.25, -0.2) is 4.39 Å². The average Bonchev–Trinajstić information content (AvgIpc) is 2.39. The molecule has 0 aromatic heterocycles. The predicted octanol–water partition coefficient (Wildman–Crippen LogP) is 5.05. The minimum absolute atomic E-state index is 0.0423. The van der Waals surface area contributed by atoms with Gasteiger partial charge >= 0.3 is 0 Å². The number of nitrogens with one attached hydrogen (secondary N) is 1. The van der Waals surface area contributed by atoms with E-state index in [2.05, 4.69) is 39.4 Å². The van der Waals surface area contributed by atoms with E-state index in [1.54, 1.807) is 12.1 Å². The second-order valence-electron chi connectivity index (χ2n) is 4.81. The highest BCUT2D eigenvalue weighted by atomic mass is 79.9. The van der Waals surface area contributed by atoms with Crippen LogP contribution >= 0.6 is 27.5 Å². The fraction of sp³-hybridized carbons (Fsp3) is 0.250. The van der Waals surface area contributed by atoms with Crippen LogP contribution in [0.4, 0.5) is 4.39 Å². The summed E-state index contributed by atoms with van der Waals surface area (Å²) >= 11 is 9.36. The van der Waals surface area contributed by atoms with Crippen LogP contribution < -0.4 is 5.32 Å². The molecule has 0 heterocycles. The van der Waals surface area contributed by atoms with Crippen molar-refractivity contribution in [3.8, 4) is 0 Å². The van der Waals surface area contributed by atoms with Crippen molar-refractivity contribution in [1.29, 1.82) is 0 Å². The molecule has 0 saturated carbocycles. The maximum atomic E-state index is 13.9. The smallest absolute Gasteiger partial charge is 0.127 e. The van der Waals surface area contributed by atoms with Gasteiger partial charge in [0.25, 0.3) is 0 Å². The predicted molar refractivity (Wildman–Crippen MR) is 85.8 cm³/mol. The van der Waals surface area contributed by atoms with Crippen LogP contribution in [0, 0.1) is 12.7 Å². The molecule has 0 aliphatic carbocycles. The second kappa shape index (κ2) is 6.70. The number of hydrogen-bond acceptors (Lipinski definition) is 1. The molecular weight excluding hydrogens is 341 g/mol. The Balaban J connectivity index is 2.28. The second-order valence-corrected chi connectivity index (χ2v) is 6.10. The number of rotatable bonds is 4. The summed E-state index contributed by atoms with van der Waals surface area (Å²) in [5.41, 5.74) is 2.96. The summed E-state index contributed by atoms with van der Waals surface area (Å²) in [5, 5.41) is 3.66. The first-order chi connectivity index (χ1) is 9.51. The number of hydrogen-bond donors (Lipinski definition) is 1. The SMILES string of the molecule is CNC(Cc1ccc(Cl)cc1F)c1ccc(C)cc1Br. The molecule has 0 aliphatic heterocycles. The van der Waals surface area contributed by atoms with Gasteiger partial charge in [-0.2, -0.15) is 0 Å². The van der Waals surface area contributed by atoms with Crippen molar-refractivity contribution in [2.45, 2.75) is 19.4 Å². The van der Waals surface area contributed by atoms with Crippen LogP contribution in [0.3, 0.4) is 0 Å². The van der Waals surface area contributed by atoms with Crippen LogP contribution in [0.2, 0.25) is 5.02 Å². The van der Waals surface area contributed by atoms with Crippen molar-refractivity contribution in [2.24, 2.45) is 0 Å². The third-order valence-electron chi connectivity index (χ3n) is 3.32. The molecule has 2 aromatic carbocycles. The zero-order valence-electron chi connectivity index (χ0n) is 11.4. The van der Waals surface area contributed by atoms with Crippen LogP contribution in [0.1, 0.15) is 22.7 Å². The molecular formula is C16H16BrClFN. The number of halogens is 3. The van der Waals surface area contributed by atoms with Crippen molar-refractivity contribution in [2.75, 3.05) is 7.05 Å². The summed E-state index contributed by atoms with van der Waals surface area (Å²) in [5.74, 6) is -0.263. The summed E-state index contributed by atoms with van der Waals surface area (Å²) in [6.45, 7) is 2.04. The number of benzene rings is 2. The van der Waals surface area contributed by atoms with Gasteiger partial charge in [-0.1, -0.05) is 45.7 Å². The van der Waals surface area contributed by atoms with Crippen molar-refractivity contribution < 1.29 is 4.39 Å². The highest BCUT2D eigenvalue weighted by molar-refractivity contribution is 9.10. The Morgan fingerprint density at radius 1 is 1.25 bits per heavy atom. The van der Waals surface area contributed by atoms with Gasteiger partial charge < -0.3 is 5.32 Å². The van der Waals surface area contributed by atoms with E-state index in [1.807, 2.05) is 14.0 Å². The van der Waals surface area contributed by atoms with Gasteiger partial charge in [0.1, 0.15) is 5.82 Å². The first-order valence-corrected chi connectivity index (χ1v) is 7.55. The highest BCUT2D eigenvalue weighted by Gasteiger charge is 2.15. The molecule has 2 rings (SSSR count). The van der Waals surface area contributed by atoms with Gasteiger partial charge in [0.2, 0.25) is 0 Å². The molecule has 1 atom stereocenters. The Morgan fingerprint density at radius 2 is 2.00 bits per heavy atom. The van der Waals surface area contributed by atoms with Gasteiger partial charge in [-0.3, -0.25) is 0 Å². The lowest BCUT2D eigenvalue weighted by atomic mass is 9.98. The molecule has 106 valence electrons. The maximum Gasteiger partial charge on any atom is 0.127 e. The lowest BCUT2D eigenvalue weighted by Gasteiger charge is -2.19. The monoisotopic (exact) mass is 355 g/mol. The van der Waals surface area contributed by atoms with E-state index < -0.39 is 0 Å². The van der Waals surface area contributed by atoms with E-state index in [0.29, 0.717) is 17.0 Å². The summed E-state index contributed by atoms with van der Waals surface area (Å²) in [7, 11) is 1.88. The van der Waals surface area contributed by atoms with Gasteiger partial charge in [0.15, 0.2) is 0 Å². The van der Waals surface area contributed by atoms with Crippen LogP contribution in [-0.4, -0.2) is 7.05 Å². The molecule has 0 amide bonds. The Morgan fingerprint density at radius 3 is 2.60 bits per heavy atom. The first kappa shape index (κ1) is 15.5. The van der Waals surface area contributed by atoms with Crippen LogP contribution in [0.5, 0.6) is 0 Å². The third kappa shape index (κ3) is 3.60. The molecule has 0 saturated heterocycles. The lowest BCUT2D eigenvalue weighted by Crippen LogP contribution is -2.20. The van der Waals surface area contributed by atoms with Crippen molar-refractivity contribution in [3.63, 3.8) is 0 Å². The maximum absolute atomic E-state index is 13.9. The van der Waals surface area contributed by atoms with Gasteiger partial charge in [-0.05, 0) is 55.3 Å². The Labute approximate surface area is 132 Å². The van der Waals surface area contributed by atoms with Crippen molar-refractivity contribution in [1.82, 2.24) is 5.32 Å². The first-order valence-electron chi connectivity index (χ1n) is 6.38. The molecule has 0 bridgehead atoms. The average molecular weight is 357 g/mol. The topological polar surface area (TPSA) is 12.0 Å². The Bertz CT molecular complexity index is 615. The largest absolute Gasteiger partial charge is 0.313 e. The highest BCUT2D eigenvalue weighted by Crippen LogP contribution is 2.28. The molecule has 2 aromatic rings. The van der Waals surface area contributed by atoms with Crippen LogP contribution in [0.15, 0.2) is 40.9 Å². The van der Waals surface area contributed by atoms with E-state index in [0.717, 1.165) is 10.0 Å². The van der Waals surface area contributed by atoms with E-state index in [-0.39, 0.29) is 11.9 Å². The molecule has 4 heteroatoms. The summed E-state index contributed by atoms with van der Waals surface area (Å²) in [6.07, 6.45) is 0.571. The minimum atomic E-state index is -0.263. The van der Waals surface area contributed by atoms with Gasteiger partial charge in [0.05, 0.1) is 0 Å². The van der Waals surface area contributed by atoms with Crippen molar-refractivity contribution in [3.05, 3.63) is 68.4 Å². The number of aryl methyl sites for hydroxylation is 1. The molecule has 1 nitrogen and oxygen atoms in total. The van der Waals surface area contributed by atoms with Gasteiger partial charge in [-0.15, -0.1) is 0 Å². The zero-order chi connectivity index (χ0) is 14.7. The van der Waals surface area contributed by atoms with E-state index in [9.17, 15) is 4.39 Å². The molecule has 20 heavy (non-hydrogen) atoms. The Kier molecular flexibility index (Phi) is 5.19. The fourth-order valence-electron chi connectivity index (χ4n) is 2.19. The molecule has 0 aliphatic rings. The lowest BCUT2D eigenvalue weighted by molar-refractivity contribution is 0.553. The molecule has 0 spiro atoms. The van der Waals surface area contributed by atoms with Crippen LogP contribution in [0.25, 0.3) is 0 Å². The minimum Gasteiger partial charge on any atom is -0.313 e. The van der Waals surface area contributed by atoms with E-state index in [4.69, 9.17) is 11.6 Å². The normalized spacial score (nSPS) is 12.4. The summed E-state index contributed by atoms with van der Waals surface area (Å²) in [4.78, 5) is 0. The van der Waals surface area contributed by atoms with E-state index in [1.165, 1.54) is 11.6 Å². The molecule has 0 radical (unpaired) electrons. The quantitative estimate of drug-likeness (QED) is 0.808. The van der Waals surface area contributed by atoms with Crippen LogP contribution in [-0.2, 0) is 6.42 Å².